The van der Waals surface area contributed by atoms with E-state index in [2.05, 4.69) is 37.8 Å². The van der Waals surface area contributed by atoms with Crippen LogP contribution in [0.5, 0.6) is 0 Å². The van der Waals surface area contributed by atoms with Crippen LogP contribution in [0.2, 0.25) is 0 Å². The lowest BCUT2D eigenvalue weighted by molar-refractivity contribution is 1.28. The first-order chi connectivity index (χ1) is 6.77. The number of hydrogen-bond donors (Lipinski definition) is 0. The molecule has 0 aliphatic carbocycles. The Balaban J connectivity index is 2.72. The molecule has 0 aliphatic heterocycles. The maximum atomic E-state index is 5.27. The van der Waals surface area contributed by atoms with Gasteiger partial charge in [0.05, 0.1) is 4.20 Å². The predicted molar refractivity (Wildman–Crippen MR) is 70.2 cm³/mol. The molecule has 0 aliphatic rings. The van der Waals surface area contributed by atoms with Gasteiger partial charge in [-0.1, -0.05) is 49.5 Å². The summed E-state index contributed by atoms with van der Waals surface area (Å²) in [5.74, 6) is 1.03. The van der Waals surface area contributed by atoms with Gasteiger partial charge >= 0.3 is 0 Å². The Bertz CT molecular complexity index is 312. The summed E-state index contributed by atoms with van der Waals surface area (Å²) in [6, 6.07) is 8.40. The van der Waals surface area contributed by atoms with Crippen molar-refractivity contribution in [2.24, 2.45) is 0 Å². The van der Waals surface area contributed by atoms with E-state index < -0.39 is 0 Å². The Hall–Kier alpha value is -0.600. The van der Waals surface area contributed by atoms with Gasteiger partial charge in [-0.3, -0.25) is 0 Å². The smallest absolute Gasteiger partial charge is 0.0778 e. The second-order valence-electron chi connectivity index (χ2n) is 2.91. The molecule has 0 nitrogen and oxygen atoms in total. The minimum atomic E-state index is 0.925. The number of benzene rings is 1. The monoisotopic (exact) mass is 222 g/mol. The number of thiocarbonyl (C=S) groups is 1. The summed E-state index contributed by atoms with van der Waals surface area (Å²) >= 11 is 6.99. The van der Waals surface area contributed by atoms with Crippen LogP contribution in [-0.4, -0.2) is 9.95 Å². The van der Waals surface area contributed by atoms with Crippen LogP contribution in [0.3, 0.4) is 0 Å². The van der Waals surface area contributed by atoms with Crippen molar-refractivity contribution in [2.75, 3.05) is 5.75 Å². The van der Waals surface area contributed by atoms with E-state index in [4.69, 9.17) is 12.2 Å². The van der Waals surface area contributed by atoms with Crippen LogP contribution in [0.4, 0.5) is 0 Å². The van der Waals surface area contributed by atoms with Gasteiger partial charge in [-0.05, 0) is 23.3 Å². The first-order valence-corrected chi connectivity index (χ1v) is 6.04. The highest BCUT2D eigenvalue weighted by Crippen LogP contribution is 2.14. The Labute approximate surface area is 95.4 Å². The molecule has 74 valence electrons. The summed E-state index contributed by atoms with van der Waals surface area (Å²) in [5, 5.41) is 0. The summed E-state index contributed by atoms with van der Waals surface area (Å²) in [4.78, 5) is 0. The van der Waals surface area contributed by atoms with E-state index in [1.54, 1.807) is 11.8 Å². The molecule has 0 heterocycles. The topological polar surface area (TPSA) is 0 Å². The minimum absolute atomic E-state index is 0.925. The second kappa shape index (κ2) is 5.99. The average Bonchev–Trinajstić information content (AvgIpc) is 2.20. The number of allylic oxidation sites excluding steroid dienone is 1. The van der Waals surface area contributed by atoms with Gasteiger partial charge in [0.15, 0.2) is 0 Å². The molecule has 0 bridgehead atoms. The lowest BCUT2D eigenvalue weighted by atomic mass is 10.1. The zero-order chi connectivity index (χ0) is 10.4. The Morgan fingerprint density at radius 2 is 2.07 bits per heavy atom. The van der Waals surface area contributed by atoms with Gasteiger partial charge in [0.1, 0.15) is 0 Å². The van der Waals surface area contributed by atoms with Crippen LogP contribution in [0.25, 0.3) is 0 Å². The molecule has 0 aromatic heterocycles. The molecule has 0 spiro atoms. The fourth-order valence-electron chi connectivity index (χ4n) is 1.16. The molecule has 0 fully saturated rings. The molecule has 0 unspecified atom stereocenters. The second-order valence-corrected chi connectivity index (χ2v) is 4.85. The summed E-state index contributed by atoms with van der Waals surface area (Å²) in [5.41, 5.74) is 2.44. The van der Waals surface area contributed by atoms with Crippen molar-refractivity contribution in [3.05, 3.63) is 48.0 Å². The fraction of sp³-hybridized carbons (Fsp3) is 0.250. The van der Waals surface area contributed by atoms with Gasteiger partial charge in [0, 0.05) is 0 Å². The standard InChI is InChI=1S/C12H14S2/c1-3-5-10-6-8-11(9-7-10)12(13)14-4-2/h3,6-9H,1,4-5H2,2H3. The Morgan fingerprint density at radius 3 is 2.57 bits per heavy atom. The third-order valence-corrected chi connectivity index (χ3v) is 3.22. The molecule has 1 aromatic carbocycles. The van der Waals surface area contributed by atoms with Gasteiger partial charge in [0.25, 0.3) is 0 Å². The van der Waals surface area contributed by atoms with E-state index >= 15 is 0 Å². The fourth-order valence-corrected chi connectivity index (χ4v) is 2.21. The molecule has 0 atom stereocenters. The molecule has 14 heavy (non-hydrogen) atoms. The van der Waals surface area contributed by atoms with E-state index in [1.165, 1.54) is 5.56 Å². The molecular formula is C12H14S2. The van der Waals surface area contributed by atoms with Gasteiger partial charge in [-0.2, -0.15) is 0 Å². The zero-order valence-corrected chi connectivity index (χ0v) is 9.96. The zero-order valence-electron chi connectivity index (χ0n) is 8.32. The first kappa shape index (κ1) is 11.5. The van der Waals surface area contributed by atoms with Crippen molar-refractivity contribution in [3.8, 4) is 0 Å². The molecule has 0 saturated carbocycles. The van der Waals surface area contributed by atoms with Crippen molar-refractivity contribution in [2.45, 2.75) is 13.3 Å². The van der Waals surface area contributed by atoms with Crippen molar-refractivity contribution in [1.82, 2.24) is 0 Å². The van der Waals surface area contributed by atoms with E-state index in [0.29, 0.717) is 0 Å². The lowest BCUT2D eigenvalue weighted by Crippen LogP contribution is -1.92. The number of thioether (sulfide) groups is 1. The lowest BCUT2D eigenvalue weighted by Gasteiger charge is -2.02. The van der Waals surface area contributed by atoms with Gasteiger partial charge < -0.3 is 0 Å². The third-order valence-electron chi connectivity index (χ3n) is 1.85. The third kappa shape index (κ3) is 3.28. The van der Waals surface area contributed by atoms with Crippen LogP contribution >= 0.6 is 24.0 Å². The molecule has 1 aromatic rings. The van der Waals surface area contributed by atoms with E-state index in [9.17, 15) is 0 Å². The van der Waals surface area contributed by atoms with Crippen molar-refractivity contribution >= 4 is 28.2 Å². The van der Waals surface area contributed by atoms with Crippen molar-refractivity contribution in [3.63, 3.8) is 0 Å². The summed E-state index contributed by atoms with van der Waals surface area (Å²) in [6.07, 6.45) is 2.84. The molecule has 0 radical (unpaired) electrons. The van der Waals surface area contributed by atoms with E-state index in [-0.39, 0.29) is 0 Å². The van der Waals surface area contributed by atoms with Crippen LogP contribution in [-0.2, 0) is 6.42 Å². The Morgan fingerprint density at radius 1 is 1.43 bits per heavy atom. The van der Waals surface area contributed by atoms with Gasteiger partial charge in [-0.25, -0.2) is 0 Å². The number of hydrogen-bond acceptors (Lipinski definition) is 2. The maximum absolute atomic E-state index is 5.27. The highest BCUT2D eigenvalue weighted by atomic mass is 32.2. The van der Waals surface area contributed by atoms with Crippen LogP contribution in [0, 0.1) is 0 Å². The van der Waals surface area contributed by atoms with Gasteiger partial charge in [-0.15, -0.1) is 18.3 Å². The molecule has 1 rings (SSSR count). The molecular weight excluding hydrogens is 208 g/mol. The van der Waals surface area contributed by atoms with Crippen LogP contribution in [0.1, 0.15) is 18.1 Å². The van der Waals surface area contributed by atoms with E-state index in [1.807, 2.05) is 6.08 Å². The summed E-state index contributed by atoms with van der Waals surface area (Å²) in [6.45, 7) is 5.83. The van der Waals surface area contributed by atoms with Gasteiger partial charge in [0.2, 0.25) is 0 Å². The summed E-state index contributed by atoms with van der Waals surface area (Å²) < 4.78 is 0.984. The minimum Gasteiger partial charge on any atom is -0.114 e. The number of rotatable bonds is 4. The largest absolute Gasteiger partial charge is 0.114 e. The molecule has 0 N–H and O–H groups in total. The molecule has 0 amide bonds. The normalized spacial score (nSPS) is 9.79. The molecule has 2 heteroatoms. The molecule has 0 saturated heterocycles. The van der Waals surface area contributed by atoms with Crippen molar-refractivity contribution in [1.29, 1.82) is 0 Å². The van der Waals surface area contributed by atoms with E-state index in [0.717, 1.165) is 21.9 Å². The average molecular weight is 222 g/mol. The first-order valence-electron chi connectivity index (χ1n) is 4.65. The highest BCUT2D eigenvalue weighted by molar-refractivity contribution is 8.23. The van der Waals surface area contributed by atoms with Crippen LogP contribution < -0.4 is 0 Å². The van der Waals surface area contributed by atoms with Crippen LogP contribution in [0.15, 0.2) is 36.9 Å². The maximum Gasteiger partial charge on any atom is 0.0778 e. The predicted octanol–water partition coefficient (Wildman–Crippen LogP) is 3.84. The SMILES string of the molecule is C=CCc1ccc(C(=S)SCC)cc1. The Kier molecular flexibility index (Phi) is 4.91. The quantitative estimate of drug-likeness (QED) is 0.561. The van der Waals surface area contributed by atoms with Crippen molar-refractivity contribution < 1.29 is 0 Å². The summed E-state index contributed by atoms with van der Waals surface area (Å²) in [7, 11) is 0. The highest BCUT2D eigenvalue weighted by Gasteiger charge is 1.99.